The molecule has 2 fully saturated rings. The smallest absolute Gasteiger partial charge is 0.340 e. The Balaban J connectivity index is 0.000000173. The minimum atomic E-state index is -0.903. The number of aromatic carboxylic acids is 1. The summed E-state index contributed by atoms with van der Waals surface area (Å²) in [5.74, 6) is -0.170. The molecule has 0 bridgehead atoms. The van der Waals surface area contributed by atoms with Gasteiger partial charge in [0.15, 0.2) is 0 Å². The quantitative estimate of drug-likeness (QED) is 0.110. The summed E-state index contributed by atoms with van der Waals surface area (Å²) < 4.78 is 20.4. The number of esters is 1. The predicted octanol–water partition coefficient (Wildman–Crippen LogP) is 8.96. The molecule has 0 amide bonds. The largest absolute Gasteiger partial charge is 0.478 e. The molecule has 2 aromatic carbocycles. The average molecular weight is 757 g/mol. The van der Waals surface area contributed by atoms with Crippen LogP contribution in [0, 0.1) is 0 Å². The fourth-order valence-corrected chi connectivity index (χ4v) is 7.29. The van der Waals surface area contributed by atoms with Crippen molar-refractivity contribution in [3.63, 3.8) is 0 Å². The second kappa shape index (κ2) is 16.8. The van der Waals surface area contributed by atoms with Crippen LogP contribution in [0.15, 0.2) is 85.5 Å². The van der Waals surface area contributed by atoms with Gasteiger partial charge in [-0.3, -0.25) is 9.97 Å². The molecule has 0 unspecified atom stereocenters. The lowest BCUT2D eigenvalue weighted by Gasteiger charge is -2.21. The fraction of sp³-hybridized carbons (Fsp3) is 0.391. The van der Waals surface area contributed by atoms with Crippen molar-refractivity contribution in [2.24, 2.45) is 0 Å². The van der Waals surface area contributed by atoms with Gasteiger partial charge in [-0.2, -0.15) is 0 Å². The fourth-order valence-electron chi connectivity index (χ4n) is 7.29. The molecule has 2 saturated carbocycles. The summed E-state index contributed by atoms with van der Waals surface area (Å²) >= 11 is 0. The summed E-state index contributed by atoms with van der Waals surface area (Å²) in [5, 5.41) is 11.9. The molecule has 10 nitrogen and oxygen atoms in total. The molecule has 0 atom stereocenters. The third-order valence-corrected chi connectivity index (χ3v) is 10.5. The van der Waals surface area contributed by atoms with Gasteiger partial charge in [0.2, 0.25) is 0 Å². The number of hydrogen-bond donors (Lipinski definition) is 1. The van der Waals surface area contributed by atoms with Crippen molar-refractivity contribution in [2.75, 3.05) is 27.4 Å². The van der Waals surface area contributed by atoms with Crippen molar-refractivity contribution in [1.29, 1.82) is 0 Å². The van der Waals surface area contributed by atoms with Crippen molar-refractivity contribution in [1.82, 2.24) is 19.1 Å². The molecule has 2 aliphatic rings. The van der Waals surface area contributed by atoms with Crippen molar-refractivity contribution in [2.45, 2.75) is 89.8 Å². The molecule has 4 aromatic heterocycles. The number of fused-ring (bicyclic) bond motifs is 2. The molecule has 0 radical (unpaired) electrons. The highest BCUT2D eigenvalue weighted by molar-refractivity contribution is 5.92. The molecule has 8 rings (SSSR count). The van der Waals surface area contributed by atoms with Crippen LogP contribution in [0.5, 0.6) is 0 Å². The van der Waals surface area contributed by atoms with E-state index >= 15 is 0 Å². The van der Waals surface area contributed by atoms with Gasteiger partial charge in [-0.15, -0.1) is 0 Å². The molecule has 6 aromatic rings. The summed E-state index contributed by atoms with van der Waals surface area (Å²) in [5.41, 5.74) is 8.50. The number of benzene rings is 2. The molecule has 0 aliphatic heterocycles. The van der Waals surface area contributed by atoms with E-state index in [-0.39, 0.29) is 5.97 Å². The van der Waals surface area contributed by atoms with Crippen LogP contribution in [0.2, 0.25) is 0 Å². The first kappa shape index (κ1) is 38.9. The minimum Gasteiger partial charge on any atom is -0.478 e. The van der Waals surface area contributed by atoms with Crippen LogP contribution < -0.4 is 0 Å². The number of methoxy groups -OCH3 is 2. The Kier molecular flexibility index (Phi) is 11.7. The molecule has 0 saturated heterocycles. The highest BCUT2D eigenvalue weighted by atomic mass is 16.6. The number of pyridine rings is 2. The van der Waals surface area contributed by atoms with Crippen LogP contribution in [0.3, 0.4) is 0 Å². The maximum atomic E-state index is 13.0. The maximum absolute atomic E-state index is 13.0. The summed E-state index contributed by atoms with van der Waals surface area (Å²) in [6.07, 6.45) is 13.6. The number of carboxylic acid groups (broad SMARTS) is 1. The zero-order chi connectivity index (χ0) is 39.4. The lowest BCUT2D eigenvalue weighted by atomic mass is 10.00. The normalized spacial score (nSPS) is 14.2. The van der Waals surface area contributed by atoms with E-state index in [9.17, 15) is 14.7 Å². The van der Waals surface area contributed by atoms with Gasteiger partial charge in [0.25, 0.3) is 0 Å². The highest BCUT2D eigenvalue weighted by Crippen LogP contribution is 2.41. The van der Waals surface area contributed by atoms with E-state index in [1.54, 1.807) is 14.2 Å². The van der Waals surface area contributed by atoms with Gasteiger partial charge < -0.3 is 28.5 Å². The molecule has 1 N–H and O–H groups in total. The monoisotopic (exact) mass is 756 g/mol. The summed E-state index contributed by atoms with van der Waals surface area (Å²) in [4.78, 5) is 33.9. The Hall–Kier alpha value is -5.32. The van der Waals surface area contributed by atoms with Crippen molar-refractivity contribution < 1.29 is 28.9 Å². The Morgan fingerprint density at radius 3 is 1.61 bits per heavy atom. The van der Waals surface area contributed by atoms with Gasteiger partial charge in [-0.25, -0.2) is 9.59 Å². The average Bonchev–Trinajstić information content (AvgIpc) is 4.12. The lowest BCUT2D eigenvalue weighted by Crippen LogP contribution is -2.25. The summed E-state index contributed by atoms with van der Waals surface area (Å²) in [6, 6.07) is 20.5. The molecule has 56 heavy (non-hydrogen) atoms. The Bertz CT molecular complexity index is 2340. The third-order valence-electron chi connectivity index (χ3n) is 10.5. The standard InChI is InChI=1S/C25H30N2O3.C21H22N2O3/c1-25(2,3)30-24(28)21-14-19(17-8-9-17)16-26-22(21)15-18-6-5-7-23-20(18)10-11-27(23)12-13-29-4;1-26-10-9-23-8-7-17-15(3-2-4-20(17)23)12-19-18(21(24)25)11-16(13-22-19)14-5-6-14/h5-7,10-11,14,16-17H,8-9,12-13,15H2,1-4H3;2-4,7-8,11,13-14H,5-6,9-10,12H2,1H3,(H,24,25). The number of aromatic nitrogens is 4. The maximum Gasteiger partial charge on any atom is 0.340 e. The SMILES string of the molecule is COCCn1ccc2c(Cc3ncc(C4CC4)cc3C(=O)O)cccc21.COCCn1ccc2c(Cc3ncc(C4CC4)cc3C(=O)OC(C)(C)C)cccc21. The lowest BCUT2D eigenvalue weighted by molar-refractivity contribution is 0.00675. The number of rotatable bonds is 14. The molecule has 4 heterocycles. The van der Waals surface area contributed by atoms with E-state index in [0.717, 1.165) is 70.3 Å². The van der Waals surface area contributed by atoms with Crippen LogP contribution in [-0.2, 0) is 40.1 Å². The van der Waals surface area contributed by atoms with E-state index in [1.807, 2.05) is 57.4 Å². The first-order chi connectivity index (χ1) is 27.0. The zero-order valence-corrected chi connectivity index (χ0v) is 33.1. The van der Waals surface area contributed by atoms with Crippen molar-refractivity contribution >= 4 is 33.7 Å². The van der Waals surface area contributed by atoms with E-state index in [4.69, 9.17) is 19.2 Å². The van der Waals surface area contributed by atoms with Gasteiger partial charge >= 0.3 is 11.9 Å². The predicted molar refractivity (Wildman–Crippen MR) is 218 cm³/mol. The Morgan fingerprint density at radius 2 is 1.18 bits per heavy atom. The van der Waals surface area contributed by atoms with Gasteiger partial charge in [-0.05, 0) is 117 Å². The van der Waals surface area contributed by atoms with E-state index in [0.29, 0.717) is 54.7 Å². The van der Waals surface area contributed by atoms with Crippen LogP contribution in [0.1, 0.15) is 113 Å². The molecule has 2 aliphatic carbocycles. The zero-order valence-electron chi connectivity index (χ0n) is 33.1. The number of nitrogens with zero attached hydrogens (tertiary/aromatic N) is 4. The minimum absolute atomic E-state index is 0.294. The Labute approximate surface area is 328 Å². The van der Waals surface area contributed by atoms with Crippen LogP contribution in [-0.4, -0.2) is 69.2 Å². The van der Waals surface area contributed by atoms with Gasteiger partial charge in [0, 0.05) is 86.7 Å². The van der Waals surface area contributed by atoms with Crippen LogP contribution >= 0.6 is 0 Å². The number of carbonyl (C=O) groups excluding carboxylic acids is 1. The summed E-state index contributed by atoms with van der Waals surface area (Å²) in [6.45, 7) is 8.60. The molecular weight excluding hydrogens is 705 g/mol. The van der Waals surface area contributed by atoms with Crippen molar-refractivity contribution in [3.8, 4) is 0 Å². The van der Waals surface area contributed by atoms with Crippen molar-refractivity contribution in [3.05, 3.63) is 130 Å². The van der Waals surface area contributed by atoms with Crippen LogP contribution in [0.4, 0.5) is 0 Å². The topological polar surface area (TPSA) is 118 Å². The van der Waals surface area contributed by atoms with Gasteiger partial charge in [-0.1, -0.05) is 24.3 Å². The summed E-state index contributed by atoms with van der Waals surface area (Å²) in [7, 11) is 3.41. The first-order valence-corrected chi connectivity index (χ1v) is 19.6. The van der Waals surface area contributed by atoms with E-state index < -0.39 is 11.6 Å². The molecule has 10 heteroatoms. The molecule has 0 spiro atoms. The van der Waals surface area contributed by atoms with E-state index in [2.05, 4.69) is 62.9 Å². The van der Waals surface area contributed by atoms with Gasteiger partial charge in [0.05, 0.1) is 35.7 Å². The third kappa shape index (κ3) is 9.20. The highest BCUT2D eigenvalue weighted by Gasteiger charge is 2.28. The second-order valence-electron chi connectivity index (χ2n) is 15.9. The molecule has 292 valence electrons. The number of carbonyl (C=O) groups is 2. The number of hydrogen-bond acceptors (Lipinski definition) is 7. The number of ether oxygens (including phenoxy) is 3. The van der Waals surface area contributed by atoms with Gasteiger partial charge in [0.1, 0.15) is 5.60 Å². The molecular formula is C46H52N4O6. The van der Waals surface area contributed by atoms with E-state index in [1.165, 1.54) is 18.2 Å². The van der Waals surface area contributed by atoms with Crippen LogP contribution in [0.25, 0.3) is 21.8 Å². The Morgan fingerprint density at radius 1 is 0.714 bits per heavy atom. The second-order valence-corrected chi connectivity index (χ2v) is 15.9. The number of carboxylic acids is 1. The first-order valence-electron chi connectivity index (χ1n) is 19.6.